The minimum Gasteiger partial charge on any atom is -0.486 e. The van der Waals surface area contributed by atoms with E-state index >= 15 is 0 Å². The van der Waals surface area contributed by atoms with Crippen LogP contribution in [0.1, 0.15) is 29.8 Å². The number of ether oxygens (including phenoxy) is 1. The Bertz CT molecular complexity index is 1170. The van der Waals surface area contributed by atoms with E-state index in [1.807, 2.05) is 29.2 Å². The quantitative estimate of drug-likeness (QED) is 0.581. The molecule has 1 saturated heterocycles. The van der Waals surface area contributed by atoms with Crippen molar-refractivity contribution in [3.05, 3.63) is 57.8 Å². The SMILES string of the molecule is CS(=O)(=O)N1CCC(COc2cnc(CN3Cc4ccccc4C3)n(CC(F)(F)F)c2=O)CC1. The number of alkyl halides is 3. The average molecular weight is 501 g/mol. The number of hydrogen-bond acceptors (Lipinski definition) is 6. The molecule has 0 aliphatic carbocycles. The molecule has 0 N–H and O–H groups in total. The average Bonchev–Trinajstić information content (AvgIpc) is 3.17. The zero-order valence-electron chi connectivity index (χ0n) is 18.8. The largest absolute Gasteiger partial charge is 0.486 e. The lowest BCUT2D eigenvalue weighted by molar-refractivity contribution is -0.142. The van der Waals surface area contributed by atoms with Crippen LogP contribution in [0.15, 0.2) is 35.3 Å². The molecular weight excluding hydrogens is 473 g/mol. The molecule has 0 amide bonds. The monoisotopic (exact) mass is 500 g/mol. The van der Waals surface area contributed by atoms with Crippen LogP contribution in [-0.4, -0.2) is 59.3 Å². The number of nitrogens with zero attached hydrogens (tertiary/aromatic N) is 4. The van der Waals surface area contributed by atoms with Gasteiger partial charge in [-0.15, -0.1) is 0 Å². The van der Waals surface area contributed by atoms with Crippen LogP contribution in [0.3, 0.4) is 0 Å². The van der Waals surface area contributed by atoms with Crippen molar-refractivity contribution in [2.24, 2.45) is 5.92 Å². The summed E-state index contributed by atoms with van der Waals surface area (Å²) in [6.45, 7) is 0.608. The Balaban J connectivity index is 1.46. The summed E-state index contributed by atoms with van der Waals surface area (Å²) in [4.78, 5) is 19.0. The van der Waals surface area contributed by atoms with Crippen LogP contribution in [0.5, 0.6) is 5.75 Å². The van der Waals surface area contributed by atoms with Gasteiger partial charge in [0.25, 0.3) is 5.56 Å². The molecule has 1 fully saturated rings. The molecule has 0 unspecified atom stereocenters. The van der Waals surface area contributed by atoms with Crippen LogP contribution in [0.2, 0.25) is 0 Å². The molecule has 2 aromatic rings. The molecule has 4 rings (SSSR count). The van der Waals surface area contributed by atoms with E-state index in [9.17, 15) is 26.4 Å². The van der Waals surface area contributed by atoms with Crippen molar-refractivity contribution in [2.45, 2.75) is 45.2 Å². The molecule has 2 aliphatic rings. The summed E-state index contributed by atoms with van der Waals surface area (Å²) in [6, 6.07) is 7.78. The van der Waals surface area contributed by atoms with Crippen molar-refractivity contribution in [3.63, 3.8) is 0 Å². The number of benzene rings is 1. The van der Waals surface area contributed by atoms with Crippen molar-refractivity contribution >= 4 is 10.0 Å². The van der Waals surface area contributed by atoms with Crippen molar-refractivity contribution in [3.8, 4) is 5.75 Å². The first-order chi connectivity index (χ1) is 16.0. The van der Waals surface area contributed by atoms with E-state index in [-0.39, 0.29) is 30.6 Å². The highest BCUT2D eigenvalue weighted by molar-refractivity contribution is 7.88. The molecule has 0 radical (unpaired) electrons. The fourth-order valence-electron chi connectivity index (χ4n) is 4.41. The van der Waals surface area contributed by atoms with Gasteiger partial charge in [-0.25, -0.2) is 17.7 Å². The number of halogens is 3. The van der Waals surface area contributed by atoms with Gasteiger partial charge in [-0.1, -0.05) is 24.3 Å². The van der Waals surface area contributed by atoms with E-state index in [1.54, 1.807) is 0 Å². The van der Waals surface area contributed by atoms with Gasteiger partial charge in [-0.3, -0.25) is 14.3 Å². The van der Waals surface area contributed by atoms with Gasteiger partial charge in [0.05, 0.1) is 25.6 Å². The highest BCUT2D eigenvalue weighted by Crippen LogP contribution is 2.25. The Morgan fingerprint density at radius 2 is 1.74 bits per heavy atom. The van der Waals surface area contributed by atoms with Gasteiger partial charge < -0.3 is 4.74 Å². The van der Waals surface area contributed by atoms with Crippen molar-refractivity contribution < 1.29 is 26.3 Å². The maximum atomic E-state index is 13.3. The van der Waals surface area contributed by atoms with E-state index in [0.29, 0.717) is 43.6 Å². The second-order valence-corrected chi connectivity index (χ2v) is 10.9. The predicted molar refractivity (Wildman–Crippen MR) is 119 cm³/mol. The molecule has 186 valence electrons. The highest BCUT2D eigenvalue weighted by Gasteiger charge is 2.32. The molecule has 0 atom stereocenters. The van der Waals surface area contributed by atoms with Gasteiger partial charge in [-0.05, 0) is 29.9 Å². The van der Waals surface area contributed by atoms with Crippen LogP contribution < -0.4 is 10.3 Å². The van der Waals surface area contributed by atoms with Crippen LogP contribution in [0, 0.1) is 5.92 Å². The lowest BCUT2D eigenvalue weighted by Crippen LogP contribution is -2.39. The van der Waals surface area contributed by atoms with Crippen LogP contribution in [-0.2, 0) is 36.2 Å². The molecule has 8 nitrogen and oxygen atoms in total. The fraction of sp³-hybridized carbons (Fsp3) is 0.545. The minimum atomic E-state index is -4.59. The van der Waals surface area contributed by atoms with Gasteiger partial charge in [-0.2, -0.15) is 13.2 Å². The smallest absolute Gasteiger partial charge is 0.406 e. The lowest BCUT2D eigenvalue weighted by Gasteiger charge is -2.30. The third-order valence-electron chi connectivity index (χ3n) is 6.22. The molecule has 0 saturated carbocycles. The Hall–Kier alpha value is -2.44. The molecular formula is C22H27F3N4O4S. The normalized spacial score (nSPS) is 18.2. The minimum absolute atomic E-state index is 0.00348. The second kappa shape index (κ2) is 9.67. The zero-order chi connectivity index (χ0) is 24.5. The van der Waals surface area contributed by atoms with E-state index in [4.69, 9.17) is 4.74 Å². The van der Waals surface area contributed by atoms with Crippen LogP contribution in [0.25, 0.3) is 0 Å². The summed E-state index contributed by atoms with van der Waals surface area (Å²) < 4.78 is 70.7. The first kappa shape index (κ1) is 24.7. The Morgan fingerprint density at radius 1 is 1.12 bits per heavy atom. The predicted octanol–water partition coefficient (Wildman–Crippen LogP) is 2.37. The number of rotatable bonds is 7. The van der Waals surface area contributed by atoms with E-state index in [0.717, 1.165) is 17.4 Å². The number of sulfonamides is 1. The summed E-state index contributed by atoms with van der Waals surface area (Å²) >= 11 is 0. The molecule has 0 spiro atoms. The standard InChI is InChI=1S/C22H27F3N4O4S/c1-34(31,32)28-8-6-16(7-9-28)14-33-19-10-26-20(29(21(19)30)15-22(23,24)25)13-27-11-17-4-2-3-5-18(17)12-27/h2-5,10,16H,6-9,11-15H2,1H3. The highest BCUT2D eigenvalue weighted by atomic mass is 32.2. The molecule has 1 aromatic carbocycles. The van der Waals surface area contributed by atoms with Crippen molar-refractivity contribution in [2.75, 3.05) is 26.0 Å². The maximum absolute atomic E-state index is 13.3. The van der Waals surface area contributed by atoms with Crippen LogP contribution in [0.4, 0.5) is 13.2 Å². The molecule has 34 heavy (non-hydrogen) atoms. The molecule has 12 heteroatoms. The van der Waals surface area contributed by atoms with Gasteiger partial charge in [0.15, 0.2) is 0 Å². The number of piperidine rings is 1. The van der Waals surface area contributed by atoms with Gasteiger partial charge in [0.2, 0.25) is 15.8 Å². The summed E-state index contributed by atoms with van der Waals surface area (Å²) in [5.41, 5.74) is 1.34. The summed E-state index contributed by atoms with van der Waals surface area (Å²) in [5.74, 6) is -0.205. The van der Waals surface area contributed by atoms with Gasteiger partial charge >= 0.3 is 6.18 Å². The third kappa shape index (κ3) is 5.97. The van der Waals surface area contributed by atoms with Crippen LogP contribution >= 0.6 is 0 Å². The van der Waals surface area contributed by atoms with Gasteiger partial charge in [0, 0.05) is 26.2 Å². The van der Waals surface area contributed by atoms with E-state index in [2.05, 4.69) is 4.98 Å². The Morgan fingerprint density at radius 3 is 2.29 bits per heavy atom. The molecule has 1 aromatic heterocycles. The lowest BCUT2D eigenvalue weighted by atomic mass is 9.99. The first-order valence-electron chi connectivity index (χ1n) is 11.0. The van der Waals surface area contributed by atoms with Crippen molar-refractivity contribution in [1.82, 2.24) is 18.8 Å². The summed E-state index contributed by atoms with van der Waals surface area (Å²) in [5, 5.41) is 0. The maximum Gasteiger partial charge on any atom is 0.406 e. The molecule has 0 bridgehead atoms. The Kier molecular flexibility index (Phi) is 7.02. The van der Waals surface area contributed by atoms with E-state index in [1.165, 1.54) is 10.5 Å². The molecule has 3 heterocycles. The zero-order valence-corrected chi connectivity index (χ0v) is 19.6. The summed E-state index contributed by atoms with van der Waals surface area (Å²) in [6.07, 6.45) is -1.15. The second-order valence-electron chi connectivity index (χ2n) is 8.88. The van der Waals surface area contributed by atoms with Crippen molar-refractivity contribution in [1.29, 1.82) is 0 Å². The topological polar surface area (TPSA) is 84.7 Å². The third-order valence-corrected chi connectivity index (χ3v) is 7.53. The molecule has 2 aliphatic heterocycles. The number of hydrogen-bond donors (Lipinski definition) is 0. The number of fused-ring (bicyclic) bond motifs is 1. The van der Waals surface area contributed by atoms with Gasteiger partial charge in [0.1, 0.15) is 12.4 Å². The van der Waals surface area contributed by atoms with E-state index < -0.39 is 28.3 Å². The Labute approximate surface area is 196 Å². The summed E-state index contributed by atoms with van der Waals surface area (Å²) in [7, 11) is -3.26. The first-order valence-corrected chi connectivity index (χ1v) is 12.9. The number of aromatic nitrogens is 2. The fourth-order valence-corrected chi connectivity index (χ4v) is 5.28.